The van der Waals surface area contributed by atoms with Crippen LogP contribution in [0.3, 0.4) is 0 Å². The lowest BCUT2D eigenvalue weighted by Crippen LogP contribution is -2.49. The highest BCUT2D eigenvalue weighted by Gasteiger charge is 2.38. The molecule has 0 N–H and O–H groups in total. The first-order valence-corrected chi connectivity index (χ1v) is 21.3. The number of nitrogens with zero attached hydrogens (tertiary/aromatic N) is 3. The Hall–Kier alpha value is -6.49. The number of pyridine rings is 3. The lowest BCUT2D eigenvalue weighted by Gasteiger charge is -2.18. The van der Waals surface area contributed by atoms with E-state index >= 15 is 0 Å². The molecule has 0 bridgehead atoms. The van der Waals surface area contributed by atoms with E-state index in [9.17, 15) is 0 Å². The van der Waals surface area contributed by atoms with E-state index in [1.807, 2.05) is 6.07 Å². The quantitative estimate of drug-likeness (QED) is 0.105. The van der Waals surface area contributed by atoms with Gasteiger partial charge < -0.3 is 0 Å². The molecule has 0 atom stereocenters. The molecule has 4 heteroatoms. The van der Waals surface area contributed by atoms with Gasteiger partial charge in [-0.05, 0) is 79.4 Å². The van der Waals surface area contributed by atoms with E-state index in [1.165, 1.54) is 37.7 Å². The van der Waals surface area contributed by atoms with Crippen molar-refractivity contribution in [3.8, 4) is 44.9 Å². The minimum atomic E-state index is -1.77. The zero-order chi connectivity index (χ0) is 35.3. The van der Waals surface area contributed by atoms with Gasteiger partial charge in [-0.2, -0.15) is 0 Å². The van der Waals surface area contributed by atoms with Crippen molar-refractivity contribution in [3.63, 3.8) is 0 Å². The van der Waals surface area contributed by atoms with Crippen LogP contribution in [0.4, 0.5) is 0 Å². The zero-order valence-corrected chi connectivity index (χ0v) is 30.4. The van der Waals surface area contributed by atoms with E-state index in [1.54, 1.807) is 0 Å². The van der Waals surface area contributed by atoms with E-state index in [-0.39, 0.29) is 0 Å². The maximum atomic E-state index is 5.38. The van der Waals surface area contributed by atoms with E-state index in [0.29, 0.717) is 0 Å². The molecule has 0 radical (unpaired) electrons. The average Bonchev–Trinajstić information content (AvgIpc) is 3.45. The number of aromatic nitrogens is 3. The van der Waals surface area contributed by atoms with E-state index in [4.69, 9.17) is 15.0 Å². The fourth-order valence-electron chi connectivity index (χ4n) is 8.72. The van der Waals surface area contributed by atoms with Crippen molar-refractivity contribution in [2.24, 2.45) is 0 Å². The van der Waals surface area contributed by atoms with E-state index in [2.05, 4.69) is 171 Å². The number of benzene rings is 7. The van der Waals surface area contributed by atoms with Gasteiger partial charge in [0.2, 0.25) is 0 Å². The van der Waals surface area contributed by atoms with Crippen molar-refractivity contribution >= 4 is 72.7 Å². The molecular formula is C49H33N3Si. The van der Waals surface area contributed by atoms with Crippen molar-refractivity contribution in [2.45, 2.75) is 13.1 Å². The molecule has 10 aromatic rings. The van der Waals surface area contributed by atoms with Crippen molar-refractivity contribution in [1.29, 1.82) is 0 Å². The van der Waals surface area contributed by atoms with Crippen molar-refractivity contribution < 1.29 is 0 Å². The van der Waals surface area contributed by atoms with E-state index in [0.717, 1.165) is 71.9 Å². The molecule has 0 spiro atoms. The van der Waals surface area contributed by atoms with Crippen LogP contribution in [0.2, 0.25) is 13.1 Å². The van der Waals surface area contributed by atoms with Gasteiger partial charge in [0, 0.05) is 32.8 Å². The first-order chi connectivity index (χ1) is 26.0. The fraction of sp³-hybridized carbons (Fsp3) is 0.0408. The molecule has 7 aromatic carbocycles. The molecule has 3 aromatic heterocycles. The molecule has 248 valence electrons. The molecule has 1 aliphatic rings. The van der Waals surface area contributed by atoms with Crippen LogP contribution in [0.1, 0.15) is 0 Å². The summed E-state index contributed by atoms with van der Waals surface area (Å²) < 4.78 is 0. The number of fused-ring (bicyclic) bond motifs is 10. The monoisotopic (exact) mass is 691 g/mol. The van der Waals surface area contributed by atoms with Crippen molar-refractivity contribution in [1.82, 2.24) is 15.0 Å². The summed E-state index contributed by atoms with van der Waals surface area (Å²) in [6.07, 6.45) is 0. The topological polar surface area (TPSA) is 38.7 Å². The lowest BCUT2D eigenvalue weighted by molar-refractivity contribution is 1.37. The molecule has 0 amide bonds. The summed E-state index contributed by atoms with van der Waals surface area (Å²) in [5.74, 6) is 0. The van der Waals surface area contributed by atoms with Crippen LogP contribution in [0.15, 0.2) is 164 Å². The summed E-state index contributed by atoms with van der Waals surface area (Å²) in [6.45, 7) is 4.93. The standard InChI is InChI=1S/C49H33N3Si/c1-53(2)45-15-9-8-14-38(45)47-37-22-25-42(50-44(37)26-27-46(47)53)35-20-21-36(40-29-34-13-7-6-12-33(34)28-39(35)40)43-24-19-32-17-16-31-18-23-41(30-10-4-3-5-11-30)51-48(31)49(32)52-43/h3-29H,1-2H3. The molecule has 0 saturated carbocycles. The van der Waals surface area contributed by atoms with Crippen LogP contribution in [0.25, 0.3) is 99.2 Å². The molecule has 4 heterocycles. The highest BCUT2D eigenvalue weighted by Crippen LogP contribution is 2.40. The highest BCUT2D eigenvalue weighted by atomic mass is 28.3. The Balaban J connectivity index is 1.11. The first kappa shape index (κ1) is 30.2. The van der Waals surface area contributed by atoms with Crippen LogP contribution in [-0.4, -0.2) is 23.0 Å². The largest absolute Gasteiger partial charge is 0.248 e. The Labute approximate surface area is 308 Å². The summed E-state index contributed by atoms with van der Waals surface area (Å²) in [5, 5.41) is 11.1. The van der Waals surface area contributed by atoms with Crippen LogP contribution >= 0.6 is 0 Å². The average molecular weight is 692 g/mol. The van der Waals surface area contributed by atoms with Gasteiger partial charge in [0.25, 0.3) is 0 Å². The third kappa shape index (κ3) is 4.56. The predicted molar refractivity (Wildman–Crippen MR) is 226 cm³/mol. The molecule has 11 rings (SSSR count). The molecule has 0 unspecified atom stereocenters. The van der Waals surface area contributed by atoms with Gasteiger partial charge in [-0.1, -0.05) is 140 Å². The lowest BCUT2D eigenvalue weighted by atomic mass is 9.92. The number of hydrogen-bond acceptors (Lipinski definition) is 3. The van der Waals surface area contributed by atoms with Crippen molar-refractivity contribution in [2.75, 3.05) is 0 Å². The maximum absolute atomic E-state index is 5.38. The third-order valence-electron chi connectivity index (χ3n) is 11.4. The first-order valence-electron chi connectivity index (χ1n) is 18.3. The molecule has 0 saturated heterocycles. The SMILES string of the molecule is C[Si]1(C)c2ccccc2-c2c1ccc1nc(-c3ccc(-c4ccc5ccc6ccc(-c7ccccc7)nc6c5n4)c4cc5ccccc5cc34)ccc21. The zero-order valence-electron chi connectivity index (χ0n) is 29.4. The Bertz CT molecular complexity index is 3150. The fourth-order valence-corrected chi connectivity index (χ4v) is 11.8. The normalized spacial score (nSPS) is 13.2. The van der Waals surface area contributed by atoms with Gasteiger partial charge in [0.05, 0.1) is 33.6 Å². The minimum absolute atomic E-state index is 0.910. The molecular weight excluding hydrogens is 659 g/mol. The summed E-state index contributed by atoms with van der Waals surface area (Å²) in [4.78, 5) is 15.9. The smallest absolute Gasteiger partial charge is 0.113 e. The summed E-state index contributed by atoms with van der Waals surface area (Å²) >= 11 is 0. The predicted octanol–water partition coefficient (Wildman–Crippen LogP) is 11.4. The van der Waals surface area contributed by atoms with Crippen LogP contribution < -0.4 is 10.4 Å². The molecule has 0 fully saturated rings. The minimum Gasteiger partial charge on any atom is -0.248 e. The number of rotatable bonds is 3. The number of hydrogen-bond donors (Lipinski definition) is 0. The summed E-state index contributed by atoms with van der Waals surface area (Å²) in [6, 6.07) is 59.1. The van der Waals surface area contributed by atoms with Crippen LogP contribution in [0, 0.1) is 0 Å². The van der Waals surface area contributed by atoms with Gasteiger partial charge in [-0.25, -0.2) is 15.0 Å². The van der Waals surface area contributed by atoms with Crippen molar-refractivity contribution in [3.05, 3.63) is 164 Å². The Morgan fingerprint density at radius 1 is 0.377 bits per heavy atom. The maximum Gasteiger partial charge on any atom is 0.113 e. The second-order valence-electron chi connectivity index (χ2n) is 14.8. The highest BCUT2D eigenvalue weighted by molar-refractivity contribution is 7.04. The van der Waals surface area contributed by atoms with Gasteiger partial charge in [-0.3, -0.25) is 0 Å². The summed E-state index contributed by atoms with van der Waals surface area (Å²) in [7, 11) is -1.77. The Morgan fingerprint density at radius 2 is 0.943 bits per heavy atom. The second kappa shape index (κ2) is 11.3. The van der Waals surface area contributed by atoms with Gasteiger partial charge in [0.1, 0.15) is 8.07 Å². The van der Waals surface area contributed by atoms with Crippen LogP contribution in [0.5, 0.6) is 0 Å². The Morgan fingerprint density at radius 3 is 1.66 bits per heavy atom. The molecule has 3 nitrogen and oxygen atoms in total. The van der Waals surface area contributed by atoms with E-state index < -0.39 is 8.07 Å². The summed E-state index contributed by atoms with van der Waals surface area (Å²) in [5.41, 5.74) is 11.8. The molecule has 0 aliphatic carbocycles. The van der Waals surface area contributed by atoms with Gasteiger partial charge in [-0.15, -0.1) is 0 Å². The Kier molecular flexibility index (Phi) is 6.40. The molecule has 53 heavy (non-hydrogen) atoms. The van der Waals surface area contributed by atoms with Crippen LogP contribution in [-0.2, 0) is 0 Å². The van der Waals surface area contributed by atoms with Gasteiger partial charge >= 0.3 is 0 Å². The molecule has 1 aliphatic heterocycles. The third-order valence-corrected chi connectivity index (χ3v) is 15.0. The second-order valence-corrected chi connectivity index (χ2v) is 19.1. The van der Waals surface area contributed by atoms with Gasteiger partial charge in [0.15, 0.2) is 0 Å².